The third-order valence-electron chi connectivity index (χ3n) is 5.83. The van der Waals surface area contributed by atoms with Crippen molar-refractivity contribution in [2.75, 3.05) is 10.6 Å². The molecule has 0 saturated heterocycles. The number of hydrogen-bond acceptors (Lipinski definition) is 8. The van der Waals surface area contributed by atoms with Crippen molar-refractivity contribution in [3.63, 3.8) is 0 Å². The number of benzene rings is 2. The number of halogens is 2. The summed E-state index contributed by atoms with van der Waals surface area (Å²) in [6.07, 6.45) is 1.29. The van der Waals surface area contributed by atoms with E-state index in [1.807, 2.05) is 13.0 Å². The number of carboxylic acids is 1. The first kappa shape index (κ1) is 24.9. The molecule has 3 heterocycles. The van der Waals surface area contributed by atoms with E-state index in [1.165, 1.54) is 36.5 Å². The van der Waals surface area contributed by atoms with E-state index in [-0.39, 0.29) is 34.5 Å². The average molecular weight is 535 g/mol. The van der Waals surface area contributed by atoms with Crippen LogP contribution >= 0.6 is 11.6 Å². The van der Waals surface area contributed by atoms with Gasteiger partial charge in [-0.2, -0.15) is 4.98 Å². The number of aromatic nitrogens is 2. The second-order valence-corrected chi connectivity index (χ2v) is 8.85. The number of carbonyl (C=O) groups is 2. The SMILES string of the molecule is CC1=C(C(=O)Nc2cc(C(=O)O)ccn2)C(c2cccc(C)c2Cl)N=C(Nc2nc3ccc(F)cc3o2)N1. The molecule has 1 aliphatic rings. The molecule has 5 rings (SSSR count). The summed E-state index contributed by atoms with van der Waals surface area (Å²) in [7, 11) is 0. The number of fused-ring (bicyclic) bond motifs is 1. The number of pyridine rings is 1. The monoisotopic (exact) mass is 534 g/mol. The van der Waals surface area contributed by atoms with Gasteiger partial charge in [-0.15, -0.1) is 0 Å². The molecule has 0 saturated carbocycles. The molecule has 0 fully saturated rings. The summed E-state index contributed by atoms with van der Waals surface area (Å²) in [4.78, 5) is 37.8. The fourth-order valence-corrected chi connectivity index (χ4v) is 4.24. The number of carbonyl (C=O) groups excluding carboxylic acids is 1. The molecule has 0 spiro atoms. The Hall–Kier alpha value is -4.77. The number of aryl methyl sites for hydroxylation is 1. The molecule has 0 bridgehead atoms. The number of aliphatic imine (C=N–C) groups is 1. The topological polar surface area (TPSA) is 142 Å². The molecule has 2 aromatic carbocycles. The van der Waals surface area contributed by atoms with Crippen LogP contribution in [0.2, 0.25) is 5.02 Å². The summed E-state index contributed by atoms with van der Waals surface area (Å²) in [6, 6.07) is 11.2. The summed E-state index contributed by atoms with van der Waals surface area (Å²) < 4.78 is 19.2. The van der Waals surface area contributed by atoms with Crippen LogP contribution in [-0.4, -0.2) is 32.9 Å². The molecule has 38 heavy (non-hydrogen) atoms. The first-order valence-electron chi connectivity index (χ1n) is 11.3. The van der Waals surface area contributed by atoms with E-state index in [4.69, 9.17) is 16.0 Å². The number of amides is 1. The summed E-state index contributed by atoms with van der Waals surface area (Å²) in [6.45, 7) is 3.52. The van der Waals surface area contributed by atoms with Gasteiger partial charge in [0.1, 0.15) is 23.2 Å². The van der Waals surface area contributed by atoms with Crippen molar-refractivity contribution in [3.8, 4) is 0 Å². The third-order valence-corrected chi connectivity index (χ3v) is 6.34. The number of hydrogen-bond donors (Lipinski definition) is 4. The Kier molecular flexibility index (Phi) is 6.52. The minimum Gasteiger partial charge on any atom is -0.478 e. The number of anilines is 2. The number of allylic oxidation sites excluding steroid dienone is 1. The van der Waals surface area contributed by atoms with Crippen LogP contribution in [0, 0.1) is 12.7 Å². The second kappa shape index (κ2) is 9.94. The van der Waals surface area contributed by atoms with Crippen molar-refractivity contribution in [2.45, 2.75) is 19.9 Å². The van der Waals surface area contributed by atoms with Gasteiger partial charge in [0.05, 0.1) is 11.1 Å². The van der Waals surface area contributed by atoms with E-state index >= 15 is 0 Å². The molecular formula is C26H20ClFN6O4. The highest BCUT2D eigenvalue weighted by Gasteiger charge is 2.31. The van der Waals surface area contributed by atoms with Crippen molar-refractivity contribution in [1.82, 2.24) is 15.3 Å². The number of oxazole rings is 1. The van der Waals surface area contributed by atoms with Gasteiger partial charge >= 0.3 is 12.0 Å². The normalized spacial score (nSPS) is 15.2. The van der Waals surface area contributed by atoms with Gasteiger partial charge in [-0.3, -0.25) is 10.1 Å². The number of aromatic carboxylic acids is 1. The zero-order valence-electron chi connectivity index (χ0n) is 20.0. The fourth-order valence-electron chi connectivity index (χ4n) is 4.01. The van der Waals surface area contributed by atoms with Crippen LogP contribution in [0.5, 0.6) is 0 Å². The van der Waals surface area contributed by atoms with Crippen LogP contribution in [0.1, 0.15) is 34.5 Å². The first-order valence-corrected chi connectivity index (χ1v) is 11.7. The first-order chi connectivity index (χ1) is 18.2. The van der Waals surface area contributed by atoms with Gasteiger partial charge in [0.15, 0.2) is 5.58 Å². The van der Waals surface area contributed by atoms with E-state index in [1.54, 1.807) is 19.1 Å². The molecular weight excluding hydrogens is 515 g/mol. The maximum absolute atomic E-state index is 13.6. The van der Waals surface area contributed by atoms with E-state index in [9.17, 15) is 19.1 Å². The average Bonchev–Trinajstić information content (AvgIpc) is 3.26. The number of carboxylic acid groups (broad SMARTS) is 1. The van der Waals surface area contributed by atoms with E-state index in [0.717, 1.165) is 5.56 Å². The Labute approximate surface area is 220 Å². The van der Waals surface area contributed by atoms with E-state index in [0.29, 0.717) is 21.8 Å². The third kappa shape index (κ3) is 4.91. The Balaban J connectivity index is 1.50. The van der Waals surface area contributed by atoms with Crippen molar-refractivity contribution in [2.24, 2.45) is 4.99 Å². The lowest BCUT2D eigenvalue weighted by molar-refractivity contribution is -0.113. The van der Waals surface area contributed by atoms with Crippen LogP contribution in [0.4, 0.5) is 16.2 Å². The smallest absolute Gasteiger partial charge is 0.335 e. The molecule has 192 valence electrons. The fraction of sp³-hybridized carbons (Fsp3) is 0.115. The van der Waals surface area contributed by atoms with Crippen molar-refractivity contribution in [1.29, 1.82) is 0 Å². The highest BCUT2D eigenvalue weighted by atomic mass is 35.5. The zero-order chi connectivity index (χ0) is 27.0. The highest BCUT2D eigenvalue weighted by molar-refractivity contribution is 6.32. The molecule has 10 nitrogen and oxygen atoms in total. The van der Waals surface area contributed by atoms with Crippen LogP contribution in [-0.2, 0) is 4.79 Å². The van der Waals surface area contributed by atoms with Crippen LogP contribution in [0.3, 0.4) is 0 Å². The molecule has 1 unspecified atom stereocenters. The Bertz CT molecular complexity index is 1660. The Morgan fingerprint density at radius 3 is 2.76 bits per heavy atom. The quantitative estimate of drug-likeness (QED) is 0.279. The van der Waals surface area contributed by atoms with Crippen molar-refractivity contribution in [3.05, 3.63) is 93.5 Å². The zero-order valence-corrected chi connectivity index (χ0v) is 20.8. The minimum atomic E-state index is -1.15. The Morgan fingerprint density at radius 2 is 1.97 bits per heavy atom. The van der Waals surface area contributed by atoms with Crippen LogP contribution in [0.15, 0.2) is 75.4 Å². The number of nitrogens with one attached hydrogen (secondary N) is 3. The van der Waals surface area contributed by atoms with Crippen LogP contribution in [0.25, 0.3) is 11.1 Å². The summed E-state index contributed by atoms with van der Waals surface area (Å²) in [5, 5.41) is 18.3. The second-order valence-electron chi connectivity index (χ2n) is 8.47. The van der Waals surface area contributed by atoms with Gasteiger partial charge < -0.3 is 20.2 Å². The molecule has 0 radical (unpaired) electrons. The van der Waals surface area contributed by atoms with Gasteiger partial charge in [0.2, 0.25) is 5.96 Å². The molecule has 1 atom stereocenters. The lowest BCUT2D eigenvalue weighted by atomic mass is 9.94. The molecule has 4 aromatic rings. The summed E-state index contributed by atoms with van der Waals surface area (Å²) in [5.41, 5.74) is 2.73. The lowest BCUT2D eigenvalue weighted by Gasteiger charge is -2.27. The number of guanidine groups is 1. The molecule has 1 amide bonds. The molecule has 1 aliphatic heterocycles. The predicted molar refractivity (Wildman–Crippen MR) is 140 cm³/mol. The molecule has 0 aliphatic carbocycles. The lowest BCUT2D eigenvalue weighted by Crippen LogP contribution is -2.37. The van der Waals surface area contributed by atoms with Gasteiger partial charge in [-0.05, 0) is 43.7 Å². The van der Waals surface area contributed by atoms with Crippen LogP contribution < -0.4 is 16.0 Å². The Morgan fingerprint density at radius 1 is 1.16 bits per heavy atom. The molecule has 4 N–H and O–H groups in total. The minimum absolute atomic E-state index is 0.0243. The predicted octanol–water partition coefficient (Wildman–Crippen LogP) is 5.05. The van der Waals surface area contributed by atoms with Gasteiger partial charge in [-0.1, -0.05) is 29.8 Å². The van der Waals surface area contributed by atoms with Gasteiger partial charge in [0, 0.05) is 28.5 Å². The van der Waals surface area contributed by atoms with Crippen molar-refractivity contribution < 1.29 is 23.5 Å². The maximum Gasteiger partial charge on any atom is 0.335 e. The van der Waals surface area contributed by atoms with E-state index in [2.05, 4.69) is 30.9 Å². The number of nitrogens with zero attached hydrogens (tertiary/aromatic N) is 3. The molecule has 2 aromatic heterocycles. The largest absolute Gasteiger partial charge is 0.478 e. The highest BCUT2D eigenvalue weighted by Crippen LogP contribution is 2.37. The number of rotatable bonds is 5. The van der Waals surface area contributed by atoms with E-state index < -0.39 is 23.7 Å². The standard InChI is InChI=1S/C26H20ClFN6O4/c1-12-4-3-5-16(21(12)27)22-20(23(35)32-19-10-14(24(36)37)8-9-29-19)13(2)30-25(33-22)34-26-31-17-7-6-15(28)11-18(17)38-26/h3-11,22H,1-2H3,(H,36,37)(H,29,32,35)(H2,30,31,33,34). The molecule has 12 heteroatoms. The van der Waals surface area contributed by atoms with Gasteiger partial charge in [0.25, 0.3) is 5.91 Å². The summed E-state index contributed by atoms with van der Waals surface area (Å²) >= 11 is 6.63. The van der Waals surface area contributed by atoms with Crippen molar-refractivity contribution >= 4 is 52.4 Å². The van der Waals surface area contributed by atoms with Gasteiger partial charge in [-0.25, -0.2) is 19.2 Å². The summed E-state index contributed by atoms with van der Waals surface area (Å²) in [5.74, 6) is -1.87. The maximum atomic E-state index is 13.6.